The lowest BCUT2D eigenvalue weighted by molar-refractivity contribution is -0.144. The van der Waals surface area contributed by atoms with Gasteiger partial charge < -0.3 is 10.0 Å². The molecule has 1 aromatic carbocycles. The Kier molecular flexibility index (Phi) is 5.17. The fraction of sp³-hybridized carbons (Fsp3) is 0.500. The van der Waals surface area contributed by atoms with Crippen molar-refractivity contribution in [3.8, 4) is 0 Å². The van der Waals surface area contributed by atoms with Crippen LogP contribution in [-0.2, 0) is 14.8 Å². The fourth-order valence-electron chi connectivity index (χ4n) is 2.85. The van der Waals surface area contributed by atoms with E-state index in [0.717, 1.165) is 12.7 Å². The van der Waals surface area contributed by atoms with Crippen molar-refractivity contribution in [3.05, 3.63) is 29.3 Å². The molecule has 0 bridgehead atoms. The van der Waals surface area contributed by atoms with E-state index in [1.807, 2.05) is 6.92 Å². The van der Waals surface area contributed by atoms with Crippen molar-refractivity contribution >= 4 is 27.6 Å². The molecule has 1 saturated heterocycles. The number of nitrogens with one attached hydrogen (secondary N) is 1. The van der Waals surface area contributed by atoms with Gasteiger partial charge in [-0.1, -0.05) is 13.0 Å². The average molecular weight is 354 g/mol. The number of rotatable bonds is 4. The summed E-state index contributed by atoms with van der Waals surface area (Å²) in [6.07, 6.45) is 2.20. The highest BCUT2D eigenvalue weighted by atomic mass is 32.2. The Morgan fingerprint density at radius 3 is 2.58 bits per heavy atom. The minimum absolute atomic E-state index is 0.246. The zero-order valence-electron chi connectivity index (χ0n) is 13.9. The van der Waals surface area contributed by atoms with Gasteiger partial charge in [-0.25, -0.2) is 13.2 Å². The molecule has 7 nitrogen and oxygen atoms in total. The van der Waals surface area contributed by atoms with E-state index in [-0.39, 0.29) is 11.5 Å². The van der Waals surface area contributed by atoms with Crippen LogP contribution >= 0.6 is 0 Å². The van der Waals surface area contributed by atoms with Crippen LogP contribution in [0.3, 0.4) is 0 Å². The molecule has 0 spiro atoms. The Morgan fingerprint density at radius 1 is 1.33 bits per heavy atom. The maximum atomic E-state index is 12.7. The predicted molar refractivity (Wildman–Crippen MR) is 90.5 cm³/mol. The first-order chi connectivity index (χ1) is 11.1. The summed E-state index contributed by atoms with van der Waals surface area (Å²) in [6.45, 7) is 4.07. The van der Waals surface area contributed by atoms with E-state index >= 15 is 0 Å². The lowest BCUT2D eigenvalue weighted by Gasteiger charge is -2.36. The highest BCUT2D eigenvalue weighted by Crippen LogP contribution is 2.26. The van der Waals surface area contributed by atoms with Gasteiger partial charge in [-0.15, -0.1) is 0 Å². The standard InChI is InChI=1S/C16H22N2O5S/c1-10-6-7-18(14(8-10)16(20)21)15(19)12-5-4-11(2)13(9-12)17-24(3,22)23/h4-5,9-10,14,17H,6-8H2,1-3H3,(H,20,21). The Morgan fingerprint density at radius 2 is 2.00 bits per heavy atom. The first kappa shape index (κ1) is 18.3. The third-order valence-electron chi connectivity index (χ3n) is 4.19. The SMILES string of the molecule is Cc1ccc(C(=O)N2CCC(C)CC2C(=O)O)cc1NS(C)(=O)=O. The number of hydrogen-bond acceptors (Lipinski definition) is 4. The molecule has 0 aromatic heterocycles. The largest absolute Gasteiger partial charge is 0.480 e. The zero-order chi connectivity index (χ0) is 18.1. The van der Waals surface area contributed by atoms with Crippen molar-refractivity contribution in [2.45, 2.75) is 32.7 Å². The molecule has 1 aromatic rings. The van der Waals surface area contributed by atoms with Crippen LogP contribution in [0.5, 0.6) is 0 Å². The number of anilines is 1. The quantitative estimate of drug-likeness (QED) is 0.856. The van der Waals surface area contributed by atoms with Gasteiger partial charge in [0.1, 0.15) is 6.04 Å². The summed E-state index contributed by atoms with van der Waals surface area (Å²) in [5.74, 6) is -1.17. The highest BCUT2D eigenvalue weighted by molar-refractivity contribution is 7.92. The molecule has 1 aliphatic heterocycles. The molecule has 1 fully saturated rings. The summed E-state index contributed by atoms with van der Waals surface area (Å²) >= 11 is 0. The molecule has 8 heteroatoms. The zero-order valence-corrected chi connectivity index (χ0v) is 14.8. The van der Waals surface area contributed by atoms with Crippen molar-refractivity contribution in [1.29, 1.82) is 0 Å². The topological polar surface area (TPSA) is 104 Å². The van der Waals surface area contributed by atoms with Gasteiger partial charge in [-0.3, -0.25) is 9.52 Å². The van der Waals surface area contributed by atoms with Gasteiger partial charge in [0, 0.05) is 12.1 Å². The van der Waals surface area contributed by atoms with Crippen molar-refractivity contribution in [2.24, 2.45) is 5.92 Å². The molecule has 24 heavy (non-hydrogen) atoms. The maximum Gasteiger partial charge on any atom is 0.326 e. The van der Waals surface area contributed by atoms with Crippen LogP contribution in [0.4, 0.5) is 5.69 Å². The predicted octanol–water partition coefficient (Wildman–Crippen LogP) is 1.69. The number of aryl methyl sites for hydroxylation is 1. The van der Waals surface area contributed by atoms with Gasteiger partial charge in [0.2, 0.25) is 10.0 Å². The average Bonchev–Trinajstić information content (AvgIpc) is 2.47. The van der Waals surface area contributed by atoms with Crippen LogP contribution in [0.2, 0.25) is 0 Å². The monoisotopic (exact) mass is 354 g/mol. The molecule has 0 radical (unpaired) electrons. The second-order valence-electron chi connectivity index (χ2n) is 6.39. The van der Waals surface area contributed by atoms with Gasteiger partial charge in [0.05, 0.1) is 11.9 Å². The number of piperidine rings is 1. The number of carboxylic acid groups (broad SMARTS) is 1. The van der Waals surface area contributed by atoms with E-state index < -0.39 is 27.9 Å². The molecule has 2 N–H and O–H groups in total. The third kappa shape index (κ3) is 4.25. The number of nitrogens with zero attached hydrogens (tertiary/aromatic N) is 1. The molecule has 1 heterocycles. The molecular weight excluding hydrogens is 332 g/mol. The van der Waals surface area contributed by atoms with Gasteiger partial charge >= 0.3 is 5.97 Å². The van der Waals surface area contributed by atoms with Crippen molar-refractivity contribution in [1.82, 2.24) is 4.90 Å². The normalized spacial score (nSPS) is 21.4. The van der Waals surface area contributed by atoms with E-state index in [2.05, 4.69) is 4.72 Å². The van der Waals surface area contributed by atoms with Gasteiger partial charge in [-0.05, 0) is 43.4 Å². The Hall–Kier alpha value is -2.09. The first-order valence-electron chi connectivity index (χ1n) is 7.70. The van der Waals surface area contributed by atoms with E-state index in [1.165, 1.54) is 11.0 Å². The Labute approximate surface area is 141 Å². The highest BCUT2D eigenvalue weighted by Gasteiger charge is 2.35. The number of hydrogen-bond donors (Lipinski definition) is 2. The van der Waals surface area contributed by atoms with Crippen LogP contribution in [0.1, 0.15) is 35.7 Å². The van der Waals surface area contributed by atoms with Crippen LogP contribution < -0.4 is 4.72 Å². The number of benzene rings is 1. The number of carboxylic acids is 1. The van der Waals surface area contributed by atoms with Crippen LogP contribution in [0.15, 0.2) is 18.2 Å². The van der Waals surface area contributed by atoms with Gasteiger partial charge in [0.25, 0.3) is 5.91 Å². The Bertz CT molecular complexity index is 760. The fourth-order valence-corrected chi connectivity index (χ4v) is 3.47. The van der Waals surface area contributed by atoms with E-state index in [9.17, 15) is 23.1 Å². The summed E-state index contributed by atoms with van der Waals surface area (Å²) < 4.78 is 25.2. The van der Waals surface area contributed by atoms with Crippen LogP contribution in [0, 0.1) is 12.8 Å². The van der Waals surface area contributed by atoms with E-state index in [4.69, 9.17) is 0 Å². The minimum Gasteiger partial charge on any atom is -0.480 e. The Balaban J connectivity index is 2.32. The van der Waals surface area contributed by atoms with Crippen molar-refractivity contribution in [3.63, 3.8) is 0 Å². The number of amides is 1. The number of sulfonamides is 1. The molecule has 0 aliphatic carbocycles. The molecule has 2 unspecified atom stereocenters. The van der Waals surface area contributed by atoms with Gasteiger partial charge in [-0.2, -0.15) is 0 Å². The lowest BCUT2D eigenvalue weighted by atomic mass is 9.91. The number of likely N-dealkylation sites (tertiary alicyclic amines) is 1. The number of carbonyl (C=O) groups excluding carboxylic acids is 1. The summed E-state index contributed by atoms with van der Waals surface area (Å²) in [6, 6.07) is 3.83. The lowest BCUT2D eigenvalue weighted by Crippen LogP contribution is -2.49. The summed E-state index contributed by atoms with van der Waals surface area (Å²) in [5.41, 5.74) is 1.27. The van der Waals surface area contributed by atoms with Gasteiger partial charge in [0.15, 0.2) is 0 Å². The maximum absolute atomic E-state index is 12.7. The van der Waals surface area contributed by atoms with Crippen molar-refractivity contribution < 1.29 is 23.1 Å². The third-order valence-corrected chi connectivity index (χ3v) is 4.78. The second-order valence-corrected chi connectivity index (χ2v) is 8.13. The molecular formula is C16H22N2O5S. The van der Waals surface area contributed by atoms with Crippen molar-refractivity contribution in [2.75, 3.05) is 17.5 Å². The molecule has 0 saturated carbocycles. The second kappa shape index (κ2) is 6.80. The minimum atomic E-state index is -3.47. The number of carbonyl (C=O) groups is 2. The first-order valence-corrected chi connectivity index (χ1v) is 9.60. The summed E-state index contributed by atoms with van der Waals surface area (Å²) in [4.78, 5) is 25.6. The van der Waals surface area contributed by atoms with Crippen LogP contribution in [-0.4, -0.2) is 49.1 Å². The molecule has 2 rings (SSSR count). The number of aliphatic carboxylic acids is 1. The van der Waals surface area contributed by atoms with E-state index in [1.54, 1.807) is 19.1 Å². The molecule has 1 amide bonds. The summed E-state index contributed by atoms with van der Waals surface area (Å²) in [7, 11) is -3.47. The smallest absolute Gasteiger partial charge is 0.326 e. The molecule has 2 atom stereocenters. The molecule has 1 aliphatic rings. The molecule has 132 valence electrons. The van der Waals surface area contributed by atoms with Crippen LogP contribution in [0.25, 0.3) is 0 Å². The van der Waals surface area contributed by atoms with E-state index in [0.29, 0.717) is 24.2 Å². The summed E-state index contributed by atoms with van der Waals surface area (Å²) in [5, 5.41) is 9.39.